The molecule has 0 saturated carbocycles. The minimum absolute atomic E-state index is 0.411. The highest BCUT2D eigenvalue weighted by Gasteiger charge is 2.23. The quantitative estimate of drug-likeness (QED) is 0.545. The number of likely N-dealkylation sites (N-methyl/N-ethyl adjacent to an activating group) is 1. The molecule has 1 aliphatic rings. The molecule has 0 unspecified atom stereocenters. The van der Waals surface area contributed by atoms with Crippen LogP contribution in [0.3, 0.4) is 0 Å². The second-order valence-corrected chi connectivity index (χ2v) is 2.95. The zero-order valence-electron chi connectivity index (χ0n) is 7.13. The van der Waals surface area contributed by atoms with E-state index >= 15 is 0 Å². The van der Waals surface area contributed by atoms with Crippen molar-refractivity contribution in [1.29, 1.82) is 0 Å². The fraction of sp³-hybridized carbons (Fsp3) is 1.00. The van der Waals surface area contributed by atoms with Gasteiger partial charge in [-0.2, -0.15) is 0 Å². The van der Waals surface area contributed by atoms with Crippen molar-refractivity contribution in [2.75, 3.05) is 19.7 Å². The molecule has 0 aliphatic carbocycles. The highest BCUT2D eigenvalue weighted by atomic mass is 16.5. The van der Waals surface area contributed by atoms with Crippen molar-refractivity contribution in [2.24, 2.45) is 0 Å². The zero-order valence-corrected chi connectivity index (χ0v) is 7.13. The third-order valence-corrected chi connectivity index (χ3v) is 2.42. The van der Waals surface area contributed by atoms with E-state index in [1.165, 1.54) is 0 Å². The lowest BCUT2D eigenvalue weighted by atomic mass is 10.1. The Morgan fingerprint density at radius 3 is 2.70 bits per heavy atom. The fourth-order valence-electron chi connectivity index (χ4n) is 1.44. The van der Waals surface area contributed by atoms with E-state index < -0.39 is 0 Å². The average molecular weight is 143 g/mol. The van der Waals surface area contributed by atoms with Crippen molar-refractivity contribution in [3.8, 4) is 0 Å². The summed E-state index contributed by atoms with van der Waals surface area (Å²) in [6.07, 6.45) is 0.411. The molecule has 0 amide bonds. The summed E-state index contributed by atoms with van der Waals surface area (Å²) in [6, 6.07) is 0.596. The summed E-state index contributed by atoms with van der Waals surface area (Å²) in [5.41, 5.74) is 0. The minimum Gasteiger partial charge on any atom is -0.376 e. The number of rotatable bonds is 1. The molecule has 0 bridgehead atoms. The third-order valence-electron chi connectivity index (χ3n) is 2.42. The largest absolute Gasteiger partial charge is 0.376 e. The standard InChI is InChI=1S/C8H17NO/c1-4-9-5-6-10-8(3)7(9)2/h7-8H,4-6H2,1-3H3/t7-,8+/m1/s1. The van der Waals surface area contributed by atoms with E-state index in [0.29, 0.717) is 12.1 Å². The van der Waals surface area contributed by atoms with E-state index in [0.717, 1.165) is 19.7 Å². The number of hydrogen-bond donors (Lipinski definition) is 0. The first kappa shape index (κ1) is 8.02. The molecule has 0 N–H and O–H groups in total. The van der Waals surface area contributed by atoms with Crippen LogP contribution in [-0.4, -0.2) is 36.7 Å². The Morgan fingerprint density at radius 1 is 1.50 bits per heavy atom. The van der Waals surface area contributed by atoms with Gasteiger partial charge >= 0.3 is 0 Å². The Hall–Kier alpha value is -0.0800. The summed E-state index contributed by atoms with van der Waals surface area (Å²) in [5, 5.41) is 0. The summed E-state index contributed by atoms with van der Waals surface area (Å²) in [6.45, 7) is 9.73. The summed E-state index contributed by atoms with van der Waals surface area (Å²) in [4.78, 5) is 2.45. The van der Waals surface area contributed by atoms with Crippen LogP contribution in [0.5, 0.6) is 0 Å². The summed E-state index contributed by atoms with van der Waals surface area (Å²) >= 11 is 0. The van der Waals surface area contributed by atoms with Gasteiger partial charge in [-0.25, -0.2) is 0 Å². The van der Waals surface area contributed by atoms with E-state index in [4.69, 9.17) is 4.74 Å². The van der Waals surface area contributed by atoms with E-state index in [2.05, 4.69) is 25.7 Å². The Balaban J connectivity index is 2.42. The molecule has 1 rings (SSSR count). The summed E-state index contributed by atoms with van der Waals surface area (Å²) in [5.74, 6) is 0. The molecule has 0 aromatic carbocycles. The van der Waals surface area contributed by atoms with Crippen LogP contribution in [0.15, 0.2) is 0 Å². The number of nitrogens with zero attached hydrogens (tertiary/aromatic N) is 1. The monoisotopic (exact) mass is 143 g/mol. The van der Waals surface area contributed by atoms with Crippen LogP contribution in [0.2, 0.25) is 0 Å². The molecular weight excluding hydrogens is 126 g/mol. The molecule has 0 aromatic rings. The van der Waals surface area contributed by atoms with Gasteiger partial charge in [0.05, 0.1) is 12.7 Å². The third kappa shape index (κ3) is 1.50. The lowest BCUT2D eigenvalue weighted by Gasteiger charge is -2.36. The molecule has 2 atom stereocenters. The van der Waals surface area contributed by atoms with Crippen LogP contribution in [0, 0.1) is 0 Å². The first-order valence-electron chi connectivity index (χ1n) is 4.11. The van der Waals surface area contributed by atoms with Crippen LogP contribution in [0.25, 0.3) is 0 Å². The molecule has 0 aromatic heterocycles. The van der Waals surface area contributed by atoms with Crippen molar-refractivity contribution >= 4 is 0 Å². The van der Waals surface area contributed by atoms with Gasteiger partial charge in [0.15, 0.2) is 0 Å². The summed E-state index contributed by atoms with van der Waals surface area (Å²) < 4.78 is 5.48. The van der Waals surface area contributed by atoms with Gasteiger partial charge in [0.2, 0.25) is 0 Å². The minimum atomic E-state index is 0.411. The SMILES string of the molecule is CCN1CCO[C@@H](C)[C@H]1C. The van der Waals surface area contributed by atoms with Gasteiger partial charge in [0.25, 0.3) is 0 Å². The van der Waals surface area contributed by atoms with Crippen molar-refractivity contribution in [3.63, 3.8) is 0 Å². The molecule has 10 heavy (non-hydrogen) atoms. The predicted molar refractivity (Wildman–Crippen MR) is 42.1 cm³/mol. The highest BCUT2D eigenvalue weighted by Crippen LogP contribution is 2.11. The van der Waals surface area contributed by atoms with Gasteiger partial charge in [-0.05, 0) is 20.4 Å². The van der Waals surface area contributed by atoms with Gasteiger partial charge in [-0.15, -0.1) is 0 Å². The molecule has 60 valence electrons. The van der Waals surface area contributed by atoms with E-state index in [1.807, 2.05) is 0 Å². The maximum atomic E-state index is 5.48. The van der Waals surface area contributed by atoms with Gasteiger partial charge in [-0.3, -0.25) is 4.90 Å². The highest BCUT2D eigenvalue weighted by molar-refractivity contribution is 4.75. The van der Waals surface area contributed by atoms with Crippen molar-refractivity contribution in [3.05, 3.63) is 0 Å². The Morgan fingerprint density at radius 2 is 2.20 bits per heavy atom. The maximum absolute atomic E-state index is 5.48. The van der Waals surface area contributed by atoms with E-state index in [-0.39, 0.29) is 0 Å². The number of morpholine rings is 1. The summed E-state index contributed by atoms with van der Waals surface area (Å²) in [7, 11) is 0. The molecule has 1 saturated heterocycles. The zero-order chi connectivity index (χ0) is 7.56. The van der Waals surface area contributed by atoms with E-state index in [1.54, 1.807) is 0 Å². The van der Waals surface area contributed by atoms with Gasteiger partial charge in [0, 0.05) is 12.6 Å². The molecular formula is C8H17NO. The van der Waals surface area contributed by atoms with Gasteiger partial charge in [0.1, 0.15) is 0 Å². The van der Waals surface area contributed by atoms with Crippen LogP contribution < -0.4 is 0 Å². The second kappa shape index (κ2) is 3.35. The second-order valence-electron chi connectivity index (χ2n) is 2.95. The van der Waals surface area contributed by atoms with E-state index in [9.17, 15) is 0 Å². The van der Waals surface area contributed by atoms with Crippen molar-refractivity contribution in [1.82, 2.24) is 4.90 Å². The average Bonchev–Trinajstić information content (AvgIpc) is 1.95. The molecule has 1 aliphatic heterocycles. The fourth-order valence-corrected chi connectivity index (χ4v) is 1.44. The molecule has 0 radical (unpaired) electrons. The van der Waals surface area contributed by atoms with Crippen molar-refractivity contribution in [2.45, 2.75) is 32.9 Å². The lowest BCUT2D eigenvalue weighted by Crippen LogP contribution is -2.48. The first-order chi connectivity index (χ1) is 4.75. The molecule has 1 fully saturated rings. The lowest BCUT2D eigenvalue weighted by molar-refractivity contribution is -0.0530. The molecule has 0 spiro atoms. The van der Waals surface area contributed by atoms with Crippen molar-refractivity contribution < 1.29 is 4.74 Å². The Labute approximate surface area is 63.2 Å². The smallest absolute Gasteiger partial charge is 0.0700 e. The molecule has 1 heterocycles. The first-order valence-corrected chi connectivity index (χ1v) is 4.11. The van der Waals surface area contributed by atoms with Crippen LogP contribution in [-0.2, 0) is 4.74 Å². The maximum Gasteiger partial charge on any atom is 0.0700 e. The van der Waals surface area contributed by atoms with Gasteiger partial charge in [-0.1, -0.05) is 6.92 Å². The Kier molecular flexibility index (Phi) is 2.69. The molecule has 2 nitrogen and oxygen atoms in total. The number of hydrogen-bond acceptors (Lipinski definition) is 2. The number of ether oxygens (including phenoxy) is 1. The normalized spacial score (nSPS) is 36.3. The van der Waals surface area contributed by atoms with Crippen LogP contribution in [0.1, 0.15) is 20.8 Å². The Bertz CT molecular complexity index is 105. The predicted octanol–water partition coefficient (Wildman–Crippen LogP) is 1.12. The topological polar surface area (TPSA) is 12.5 Å². The van der Waals surface area contributed by atoms with Crippen LogP contribution >= 0.6 is 0 Å². The van der Waals surface area contributed by atoms with Gasteiger partial charge < -0.3 is 4.74 Å². The van der Waals surface area contributed by atoms with Crippen LogP contribution in [0.4, 0.5) is 0 Å². The molecule has 2 heteroatoms.